The Kier molecular flexibility index (Phi) is 24.9. The predicted molar refractivity (Wildman–Crippen MR) is 171 cm³/mol. The number of amides is 2. The lowest BCUT2D eigenvalue weighted by Gasteiger charge is -2.21. The average Bonchev–Trinajstić information content (AvgIpc) is 3.00. The van der Waals surface area contributed by atoms with Crippen LogP contribution in [0.5, 0.6) is 0 Å². The van der Waals surface area contributed by atoms with Gasteiger partial charge in [0, 0.05) is 19.6 Å². The lowest BCUT2D eigenvalue weighted by atomic mass is 9.95. The van der Waals surface area contributed by atoms with Gasteiger partial charge in [-0.1, -0.05) is 128 Å². The fourth-order valence-corrected chi connectivity index (χ4v) is 5.44. The molecule has 0 saturated heterocycles. The quantitative estimate of drug-likeness (QED) is 0.0614. The first-order valence-electron chi connectivity index (χ1n) is 16.8. The van der Waals surface area contributed by atoms with Gasteiger partial charge < -0.3 is 25.6 Å². The van der Waals surface area contributed by atoms with Gasteiger partial charge >= 0.3 is 6.09 Å². The van der Waals surface area contributed by atoms with Gasteiger partial charge in [0.25, 0.3) is 0 Å². The molecule has 2 amide bonds. The SMILES string of the molecule is CCCCCCCCCCCCCCCCCC(NC=O)c1ccccc1COC(=O)NCCCN(CCO)CCO. The number of carbonyl (C=O) groups excluding carboxylic acids is 2. The van der Waals surface area contributed by atoms with Crippen LogP contribution in [-0.2, 0) is 16.1 Å². The Labute approximate surface area is 256 Å². The van der Waals surface area contributed by atoms with Crippen LogP contribution in [-0.4, -0.2) is 67.0 Å². The monoisotopic (exact) mass is 591 g/mol. The molecular weight excluding hydrogens is 530 g/mol. The van der Waals surface area contributed by atoms with Gasteiger partial charge in [0.15, 0.2) is 0 Å². The van der Waals surface area contributed by atoms with Crippen LogP contribution >= 0.6 is 0 Å². The van der Waals surface area contributed by atoms with Gasteiger partial charge in [-0.2, -0.15) is 0 Å². The largest absolute Gasteiger partial charge is 0.445 e. The molecule has 0 bridgehead atoms. The third-order valence-electron chi connectivity index (χ3n) is 7.91. The number of aliphatic hydroxyl groups is 2. The molecular formula is C34H61N3O5. The minimum Gasteiger partial charge on any atom is -0.445 e. The second kappa shape index (κ2) is 27.7. The molecule has 0 aliphatic carbocycles. The number of unbranched alkanes of at least 4 members (excludes halogenated alkanes) is 14. The molecule has 0 heterocycles. The molecule has 0 spiro atoms. The summed E-state index contributed by atoms with van der Waals surface area (Å²) >= 11 is 0. The molecule has 1 unspecified atom stereocenters. The first-order valence-corrected chi connectivity index (χ1v) is 16.8. The van der Waals surface area contributed by atoms with Crippen molar-refractivity contribution >= 4 is 12.5 Å². The molecule has 1 aromatic carbocycles. The van der Waals surface area contributed by atoms with Crippen LogP contribution < -0.4 is 10.6 Å². The van der Waals surface area contributed by atoms with E-state index in [1.165, 1.54) is 83.5 Å². The van der Waals surface area contributed by atoms with Crippen LogP contribution in [0.15, 0.2) is 24.3 Å². The Morgan fingerprint density at radius 3 is 1.90 bits per heavy atom. The van der Waals surface area contributed by atoms with Gasteiger partial charge in [0.2, 0.25) is 6.41 Å². The van der Waals surface area contributed by atoms with Crippen LogP contribution in [0.2, 0.25) is 0 Å². The molecule has 42 heavy (non-hydrogen) atoms. The van der Waals surface area contributed by atoms with Gasteiger partial charge in [-0.3, -0.25) is 9.69 Å². The molecule has 0 aliphatic heterocycles. The van der Waals surface area contributed by atoms with E-state index in [0.717, 1.165) is 36.8 Å². The van der Waals surface area contributed by atoms with Crippen molar-refractivity contribution in [3.63, 3.8) is 0 Å². The highest BCUT2D eigenvalue weighted by Gasteiger charge is 2.15. The zero-order valence-corrected chi connectivity index (χ0v) is 26.5. The maximum atomic E-state index is 12.2. The summed E-state index contributed by atoms with van der Waals surface area (Å²) in [5, 5.41) is 23.9. The summed E-state index contributed by atoms with van der Waals surface area (Å²) in [6.45, 7) is 4.59. The summed E-state index contributed by atoms with van der Waals surface area (Å²) in [6, 6.07) is 7.71. The van der Waals surface area contributed by atoms with Crippen molar-refractivity contribution in [1.82, 2.24) is 15.5 Å². The van der Waals surface area contributed by atoms with Crippen LogP contribution in [0, 0.1) is 0 Å². The summed E-state index contributed by atoms with van der Waals surface area (Å²) in [4.78, 5) is 25.6. The predicted octanol–water partition coefficient (Wildman–Crippen LogP) is 6.64. The zero-order valence-electron chi connectivity index (χ0n) is 26.5. The number of ether oxygens (including phenoxy) is 1. The third-order valence-corrected chi connectivity index (χ3v) is 7.91. The highest BCUT2D eigenvalue weighted by molar-refractivity contribution is 5.67. The van der Waals surface area contributed by atoms with Crippen LogP contribution in [0.1, 0.15) is 133 Å². The summed E-state index contributed by atoms with van der Waals surface area (Å²) in [7, 11) is 0. The van der Waals surface area contributed by atoms with Gasteiger partial charge in [-0.05, 0) is 30.5 Å². The normalized spacial score (nSPS) is 11.9. The zero-order chi connectivity index (χ0) is 30.5. The van der Waals surface area contributed by atoms with E-state index in [0.29, 0.717) is 32.6 Å². The average molecular weight is 592 g/mol. The Bertz CT molecular complexity index is 773. The number of nitrogens with zero attached hydrogens (tertiary/aromatic N) is 1. The maximum absolute atomic E-state index is 12.2. The highest BCUT2D eigenvalue weighted by atomic mass is 16.5. The van der Waals surface area contributed by atoms with Crippen LogP contribution in [0.3, 0.4) is 0 Å². The van der Waals surface area contributed by atoms with Crippen molar-refractivity contribution in [2.75, 3.05) is 39.4 Å². The summed E-state index contributed by atoms with van der Waals surface area (Å²) < 4.78 is 5.47. The van der Waals surface area contributed by atoms with E-state index in [-0.39, 0.29) is 25.9 Å². The molecule has 1 aromatic rings. The Hall–Kier alpha value is -2.16. The van der Waals surface area contributed by atoms with E-state index in [1.807, 2.05) is 29.2 Å². The lowest BCUT2D eigenvalue weighted by Crippen LogP contribution is -2.33. The number of aliphatic hydroxyl groups excluding tert-OH is 2. The van der Waals surface area contributed by atoms with E-state index >= 15 is 0 Å². The lowest BCUT2D eigenvalue weighted by molar-refractivity contribution is -0.110. The van der Waals surface area contributed by atoms with E-state index < -0.39 is 6.09 Å². The highest BCUT2D eigenvalue weighted by Crippen LogP contribution is 2.24. The molecule has 8 nitrogen and oxygen atoms in total. The number of hydrogen-bond acceptors (Lipinski definition) is 6. The first kappa shape index (κ1) is 37.9. The molecule has 0 fully saturated rings. The van der Waals surface area contributed by atoms with E-state index in [4.69, 9.17) is 14.9 Å². The minimum absolute atomic E-state index is 0.0360. The van der Waals surface area contributed by atoms with Crippen molar-refractivity contribution in [3.05, 3.63) is 35.4 Å². The van der Waals surface area contributed by atoms with Gasteiger partial charge in [-0.25, -0.2) is 4.79 Å². The topological polar surface area (TPSA) is 111 Å². The van der Waals surface area contributed by atoms with Crippen molar-refractivity contribution in [2.24, 2.45) is 0 Å². The molecule has 1 rings (SSSR count). The van der Waals surface area contributed by atoms with Gasteiger partial charge in [-0.15, -0.1) is 0 Å². The number of rotatable bonds is 29. The Morgan fingerprint density at radius 2 is 1.36 bits per heavy atom. The summed E-state index contributed by atoms with van der Waals surface area (Å²) in [5.41, 5.74) is 1.89. The molecule has 0 aromatic heterocycles. The third kappa shape index (κ3) is 19.9. The fourth-order valence-electron chi connectivity index (χ4n) is 5.44. The molecule has 8 heteroatoms. The van der Waals surface area contributed by atoms with E-state index in [9.17, 15) is 9.59 Å². The number of benzene rings is 1. The van der Waals surface area contributed by atoms with E-state index in [2.05, 4.69) is 17.6 Å². The minimum atomic E-state index is -0.483. The summed E-state index contributed by atoms with van der Waals surface area (Å²) in [6.07, 6.45) is 21.7. The first-order chi connectivity index (χ1) is 20.7. The number of carbonyl (C=O) groups is 2. The molecule has 0 radical (unpaired) electrons. The number of nitrogens with one attached hydrogen (secondary N) is 2. The molecule has 4 N–H and O–H groups in total. The molecule has 0 aliphatic rings. The number of hydrogen-bond donors (Lipinski definition) is 4. The Morgan fingerprint density at radius 1 is 0.810 bits per heavy atom. The molecule has 242 valence electrons. The second-order valence-electron chi connectivity index (χ2n) is 11.4. The van der Waals surface area contributed by atoms with Crippen molar-refractivity contribution < 1.29 is 24.5 Å². The Balaban J connectivity index is 2.26. The smallest absolute Gasteiger partial charge is 0.407 e. The molecule has 1 atom stereocenters. The summed E-state index contributed by atoms with van der Waals surface area (Å²) in [5.74, 6) is 0. The maximum Gasteiger partial charge on any atom is 0.407 e. The van der Waals surface area contributed by atoms with Gasteiger partial charge in [0.1, 0.15) is 6.61 Å². The van der Waals surface area contributed by atoms with Crippen molar-refractivity contribution in [2.45, 2.75) is 129 Å². The van der Waals surface area contributed by atoms with Crippen LogP contribution in [0.4, 0.5) is 4.79 Å². The second-order valence-corrected chi connectivity index (χ2v) is 11.4. The molecule has 0 saturated carbocycles. The number of alkyl carbamates (subject to hydrolysis) is 1. The van der Waals surface area contributed by atoms with Crippen molar-refractivity contribution in [3.8, 4) is 0 Å². The van der Waals surface area contributed by atoms with Crippen molar-refractivity contribution in [1.29, 1.82) is 0 Å². The van der Waals surface area contributed by atoms with E-state index in [1.54, 1.807) is 0 Å². The van der Waals surface area contributed by atoms with Gasteiger partial charge in [0.05, 0.1) is 19.3 Å². The van der Waals surface area contributed by atoms with Crippen LogP contribution in [0.25, 0.3) is 0 Å². The standard InChI is InChI=1S/C34H61N3O5/c1-2-3-4-5-6-7-8-9-10-11-12-13-14-15-16-22-33(36-30-40)32-21-18-17-20-31(32)29-42-34(41)35-23-19-24-37(25-27-38)26-28-39/h17-18,20-21,30,33,38-39H,2-16,19,22-29H2,1H3,(H,35,41)(H,36,40). The fraction of sp³-hybridized carbons (Fsp3) is 0.765.